The Labute approximate surface area is 143 Å². The molecule has 2 radical (unpaired) electrons. The van der Waals surface area contributed by atoms with Gasteiger partial charge < -0.3 is 10.4 Å². The van der Waals surface area contributed by atoms with Crippen LogP contribution in [0.3, 0.4) is 0 Å². The van der Waals surface area contributed by atoms with Gasteiger partial charge in [0.25, 0.3) is 0 Å². The predicted octanol–water partition coefficient (Wildman–Crippen LogP) is 3.76. The second-order valence-electron chi connectivity index (χ2n) is 5.52. The van der Waals surface area contributed by atoms with Gasteiger partial charge in [0.15, 0.2) is 0 Å². The highest BCUT2D eigenvalue weighted by Gasteiger charge is 2.40. The summed E-state index contributed by atoms with van der Waals surface area (Å²) in [5, 5.41) is 14.9. The van der Waals surface area contributed by atoms with Gasteiger partial charge in [-0.2, -0.15) is 0 Å². The Balaban J connectivity index is 0.000000671. The first-order valence-electron chi connectivity index (χ1n) is 8.93. The van der Waals surface area contributed by atoms with Crippen LogP contribution in [0.25, 0.3) is 0 Å². The molecule has 1 heterocycles. The van der Waals surface area contributed by atoms with Crippen molar-refractivity contribution in [2.24, 2.45) is 5.92 Å². The molecule has 0 spiro atoms. The van der Waals surface area contributed by atoms with Crippen molar-refractivity contribution >= 4 is 7.85 Å². The van der Waals surface area contributed by atoms with E-state index in [4.69, 9.17) is 1.37 Å². The van der Waals surface area contributed by atoms with E-state index in [2.05, 4.69) is 13.2 Å². The molecule has 2 N–H and O–H groups in total. The summed E-state index contributed by atoms with van der Waals surface area (Å²) in [7, 11) is 5.75. The van der Waals surface area contributed by atoms with E-state index in [1.807, 2.05) is 60.7 Å². The molecule has 2 aromatic carbocycles. The van der Waals surface area contributed by atoms with Crippen LogP contribution in [0.2, 0.25) is 6.82 Å². The van der Waals surface area contributed by atoms with Crippen molar-refractivity contribution in [3.63, 3.8) is 0 Å². The zero-order chi connectivity index (χ0) is 17.8. The summed E-state index contributed by atoms with van der Waals surface area (Å²) in [5.74, 6) is 0.258. The first kappa shape index (κ1) is 17.8. The molecular formula is C20H28BNO. The third-order valence-electron chi connectivity index (χ3n) is 4.36. The smallest absolute Gasteiger partial charge is 0.117 e. The zero-order valence-electron chi connectivity index (χ0n) is 15.2. The topological polar surface area (TPSA) is 32.3 Å². The summed E-state index contributed by atoms with van der Waals surface area (Å²) in [5.41, 5.74) is 1.11. The molecule has 1 aliphatic heterocycles. The lowest BCUT2D eigenvalue weighted by atomic mass is 9.72. The minimum absolute atomic E-state index is 0.258. The van der Waals surface area contributed by atoms with Gasteiger partial charge in [0.05, 0.1) is 7.85 Å². The largest absolute Gasteiger partial charge is 0.380 e. The van der Waals surface area contributed by atoms with Crippen LogP contribution in [-0.2, 0) is 5.60 Å². The van der Waals surface area contributed by atoms with Crippen LogP contribution in [0.5, 0.6) is 0 Å². The second-order valence-corrected chi connectivity index (χ2v) is 5.52. The van der Waals surface area contributed by atoms with Crippen molar-refractivity contribution in [3.05, 3.63) is 71.8 Å². The van der Waals surface area contributed by atoms with E-state index in [1.54, 1.807) is 0 Å². The molecule has 0 bridgehead atoms. The van der Waals surface area contributed by atoms with Gasteiger partial charge in [-0.3, -0.25) is 0 Å². The Bertz CT molecular complexity index is 505. The van der Waals surface area contributed by atoms with Crippen LogP contribution in [0.4, 0.5) is 0 Å². The third kappa shape index (κ3) is 4.24. The maximum Gasteiger partial charge on any atom is 0.117 e. The Morgan fingerprint density at radius 1 is 0.957 bits per heavy atom. The lowest BCUT2D eigenvalue weighted by Crippen LogP contribution is -2.42. The molecule has 122 valence electrons. The van der Waals surface area contributed by atoms with E-state index in [9.17, 15) is 5.11 Å². The highest BCUT2D eigenvalue weighted by atomic mass is 16.3. The molecule has 2 nitrogen and oxygen atoms in total. The van der Waals surface area contributed by atoms with E-state index in [1.165, 1.54) is 14.2 Å². The van der Waals surface area contributed by atoms with Crippen molar-refractivity contribution in [2.45, 2.75) is 32.7 Å². The molecule has 2 aromatic rings. The average Bonchev–Trinajstić information content (AvgIpc) is 2.72. The maximum atomic E-state index is 11.6. The van der Waals surface area contributed by atoms with Crippen LogP contribution < -0.4 is 5.32 Å². The molecule has 0 unspecified atom stereocenters. The normalized spacial score (nSPS) is 15.3. The molecule has 3 rings (SSSR count). The summed E-state index contributed by atoms with van der Waals surface area (Å²) in [6.45, 7) is 3.46. The van der Waals surface area contributed by atoms with Crippen molar-refractivity contribution in [1.82, 2.24) is 5.32 Å². The molecular weight excluding hydrogens is 281 g/mol. The quantitative estimate of drug-likeness (QED) is 0.846. The Morgan fingerprint density at radius 3 is 1.74 bits per heavy atom. The van der Waals surface area contributed by atoms with Crippen molar-refractivity contribution in [1.29, 1.82) is 0 Å². The summed E-state index contributed by atoms with van der Waals surface area (Å²) < 4.78 is 5.75. The molecule has 0 amide bonds. The zero-order valence-corrected chi connectivity index (χ0v) is 14.2. The average molecular weight is 310 g/mol. The Kier molecular flexibility index (Phi) is 7.37. The van der Waals surface area contributed by atoms with Crippen LogP contribution >= 0.6 is 0 Å². The van der Waals surface area contributed by atoms with Gasteiger partial charge in [0.2, 0.25) is 0 Å². The number of piperidine rings is 1. The van der Waals surface area contributed by atoms with Gasteiger partial charge in [0, 0.05) is 1.37 Å². The lowest BCUT2D eigenvalue weighted by Gasteiger charge is -2.39. The predicted molar refractivity (Wildman–Crippen MR) is 99.8 cm³/mol. The second kappa shape index (κ2) is 9.54. The van der Waals surface area contributed by atoms with Crippen LogP contribution in [-0.4, -0.2) is 26.0 Å². The van der Waals surface area contributed by atoms with Gasteiger partial charge in [-0.15, -0.1) is 0 Å². The standard InChI is InChI=1S/C18H21NO.CH3B.CH4/c20-18(15-7-3-1-4-8-15,16-9-5-2-6-10-16)17-11-13-19-14-12-17;1-2;/h1-10,17,19-20H,11-14H2;1H3;1H4/i;;1D. The first-order valence-corrected chi connectivity index (χ1v) is 7.93. The van der Waals surface area contributed by atoms with E-state index in [0.29, 0.717) is 0 Å². The lowest BCUT2D eigenvalue weighted by molar-refractivity contribution is 0.00236. The Morgan fingerprint density at radius 2 is 1.35 bits per heavy atom. The maximum absolute atomic E-state index is 11.6. The molecule has 0 atom stereocenters. The first-order chi connectivity index (χ1) is 11.8. The fourth-order valence-electron chi connectivity index (χ4n) is 3.26. The van der Waals surface area contributed by atoms with Gasteiger partial charge in [-0.1, -0.05) is 74.9 Å². The molecule has 23 heavy (non-hydrogen) atoms. The van der Waals surface area contributed by atoms with Crippen molar-refractivity contribution in [3.8, 4) is 0 Å². The van der Waals surface area contributed by atoms with E-state index in [-0.39, 0.29) is 5.92 Å². The number of hydrogen-bond donors (Lipinski definition) is 2. The molecule has 0 aromatic heterocycles. The fourth-order valence-corrected chi connectivity index (χ4v) is 3.26. The number of nitrogens with one attached hydrogen (secondary N) is 1. The van der Waals surface area contributed by atoms with Crippen LogP contribution in [0.15, 0.2) is 60.7 Å². The number of hydrogen-bond acceptors (Lipinski definition) is 2. The van der Waals surface area contributed by atoms with E-state index in [0.717, 1.165) is 37.1 Å². The van der Waals surface area contributed by atoms with Gasteiger partial charge in [-0.25, -0.2) is 0 Å². The van der Waals surface area contributed by atoms with Crippen LogP contribution in [0.1, 0.15) is 32.7 Å². The van der Waals surface area contributed by atoms with Gasteiger partial charge in [-0.05, 0) is 43.0 Å². The van der Waals surface area contributed by atoms with Crippen molar-refractivity contribution in [2.75, 3.05) is 13.1 Å². The number of rotatable bonds is 3. The molecule has 1 fully saturated rings. The van der Waals surface area contributed by atoms with Gasteiger partial charge in [0.1, 0.15) is 5.60 Å². The van der Waals surface area contributed by atoms with Crippen molar-refractivity contribution < 1.29 is 6.48 Å². The monoisotopic (exact) mass is 310 g/mol. The highest BCUT2D eigenvalue weighted by Crippen LogP contribution is 2.40. The molecule has 1 saturated heterocycles. The van der Waals surface area contributed by atoms with Crippen LogP contribution in [0, 0.1) is 5.92 Å². The van der Waals surface area contributed by atoms with E-state index >= 15 is 0 Å². The van der Waals surface area contributed by atoms with Gasteiger partial charge >= 0.3 is 0 Å². The molecule has 0 saturated carbocycles. The SMILES string of the molecule is OC(c1ccccc1)(c1ccccc1)C1CCNCC1.[2H]C.[B]C. The summed E-state index contributed by atoms with van der Waals surface area (Å²) in [6, 6.07) is 20.2. The number of aliphatic hydroxyl groups is 1. The van der Waals surface area contributed by atoms with E-state index < -0.39 is 5.60 Å². The minimum atomic E-state index is -0.884. The Hall–Kier alpha value is -1.58. The third-order valence-corrected chi connectivity index (χ3v) is 4.36. The summed E-state index contributed by atoms with van der Waals surface area (Å²) >= 11 is 0. The minimum Gasteiger partial charge on any atom is -0.380 e. The fraction of sp³-hybridized carbons (Fsp3) is 0.400. The highest BCUT2D eigenvalue weighted by molar-refractivity contribution is 6.05. The summed E-state index contributed by atoms with van der Waals surface area (Å²) in [6.07, 6.45) is 2.00. The molecule has 1 aliphatic rings. The molecule has 0 aliphatic carbocycles. The summed E-state index contributed by atoms with van der Waals surface area (Å²) in [4.78, 5) is 0. The number of benzene rings is 2. The molecule has 3 heteroatoms.